The number of halogens is 2. The molecule has 1 saturated heterocycles. The Kier molecular flexibility index (Phi) is 5.53. The van der Waals surface area contributed by atoms with Gasteiger partial charge in [-0.15, -0.1) is 0 Å². The lowest BCUT2D eigenvalue weighted by molar-refractivity contribution is -0.136. The normalized spacial score (nSPS) is 17.3. The number of nitrogens with zero attached hydrogens (tertiary/aromatic N) is 4. The Morgan fingerprint density at radius 1 is 1.19 bits per heavy atom. The number of anilines is 1. The highest BCUT2D eigenvalue weighted by molar-refractivity contribution is 5.78. The van der Waals surface area contributed by atoms with Crippen molar-refractivity contribution in [2.75, 3.05) is 24.5 Å². The molecule has 1 amide bonds. The highest BCUT2D eigenvalue weighted by Gasteiger charge is 2.29. The van der Waals surface area contributed by atoms with Gasteiger partial charge in [0.1, 0.15) is 17.9 Å². The summed E-state index contributed by atoms with van der Waals surface area (Å²) in [6.45, 7) is 7.69. The molecule has 1 aliphatic rings. The molecule has 0 N–H and O–H groups in total. The minimum atomic E-state index is -0.985. The molecule has 1 aromatic carbocycles. The topological polar surface area (TPSA) is 58.6 Å². The van der Waals surface area contributed by atoms with Crippen LogP contribution in [0.4, 0.5) is 14.6 Å². The van der Waals surface area contributed by atoms with E-state index in [-0.39, 0.29) is 29.5 Å². The maximum absolute atomic E-state index is 13.3. The molecule has 2 heterocycles. The van der Waals surface area contributed by atoms with Crippen LogP contribution in [0, 0.1) is 17.6 Å². The summed E-state index contributed by atoms with van der Waals surface area (Å²) >= 11 is 0. The summed E-state index contributed by atoms with van der Waals surface area (Å²) < 4.78 is 31.9. The average Bonchev–Trinajstić information content (AvgIpc) is 2.64. The van der Waals surface area contributed by atoms with Crippen LogP contribution in [0.1, 0.15) is 20.8 Å². The van der Waals surface area contributed by atoms with Crippen LogP contribution in [-0.4, -0.2) is 46.5 Å². The number of hydrogen-bond acceptors (Lipinski definition) is 5. The van der Waals surface area contributed by atoms with Gasteiger partial charge in [0, 0.05) is 43.7 Å². The maximum atomic E-state index is 13.3. The van der Waals surface area contributed by atoms with Gasteiger partial charge in [0.2, 0.25) is 11.8 Å². The van der Waals surface area contributed by atoms with E-state index in [4.69, 9.17) is 4.74 Å². The number of rotatable bonds is 4. The molecule has 6 nitrogen and oxygen atoms in total. The van der Waals surface area contributed by atoms with Crippen molar-refractivity contribution in [1.29, 1.82) is 0 Å². The Balaban J connectivity index is 1.70. The zero-order valence-corrected chi connectivity index (χ0v) is 15.5. The van der Waals surface area contributed by atoms with E-state index >= 15 is 0 Å². The Morgan fingerprint density at radius 2 is 1.96 bits per heavy atom. The molecule has 1 atom stereocenters. The molecule has 1 fully saturated rings. The first-order chi connectivity index (χ1) is 12.8. The van der Waals surface area contributed by atoms with Gasteiger partial charge in [-0.05, 0) is 19.1 Å². The van der Waals surface area contributed by atoms with Crippen LogP contribution in [-0.2, 0) is 4.79 Å². The minimum Gasteiger partial charge on any atom is -0.439 e. The van der Waals surface area contributed by atoms with Gasteiger partial charge in [-0.2, -0.15) is 0 Å². The molecule has 0 aliphatic carbocycles. The van der Waals surface area contributed by atoms with Crippen molar-refractivity contribution in [2.24, 2.45) is 5.92 Å². The van der Waals surface area contributed by atoms with E-state index in [1.165, 1.54) is 12.4 Å². The van der Waals surface area contributed by atoms with E-state index in [9.17, 15) is 13.6 Å². The molecular formula is C19H22F2N4O2. The van der Waals surface area contributed by atoms with Crippen LogP contribution >= 0.6 is 0 Å². The van der Waals surface area contributed by atoms with E-state index < -0.39 is 11.6 Å². The number of carbonyl (C=O) groups is 1. The van der Waals surface area contributed by atoms with Gasteiger partial charge in [-0.1, -0.05) is 13.8 Å². The third-order valence-corrected chi connectivity index (χ3v) is 4.47. The number of aromatic nitrogens is 2. The van der Waals surface area contributed by atoms with Crippen LogP contribution in [0.25, 0.3) is 0 Å². The highest BCUT2D eigenvalue weighted by atomic mass is 19.2. The van der Waals surface area contributed by atoms with Gasteiger partial charge in [0.05, 0.1) is 0 Å². The predicted octanol–water partition coefficient (Wildman–Crippen LogP) is 3.24. The van der Waals surface area contributed by atoms with Gasteiger partial charge < -0.3 is 14.5 Å². The molecule has 0 saturated carbocycles. The molecule has 0 spiro atoms. The summed E-state index contributed by atoms with van der Waals surface area (Å²) in [6, 6.07) is 5.00. The van der Waals surface area contributed by atoms with Crippen molar-refractivity contribution in [3.05, 3.63) is 42.2 Å². The second-order valence-corrected chi connectivity index (χ2v) is 6.87. The lowest BCUT2D eigenvalue weighted by atomic mass is 10.1. The van der Waals surface area contributed by atoms with Gasteiger partial charge >= 0.3 is 0 Å². The quantitative estimate of drug-likeness (QED) is 0.820. The van der Waals surface area contributed by atoms with Gasteiger partial charge in [-0.3, -0.25) is 4.79 Å². The minimum absolute atomic E-state index is 0.0332. The molecule has 0 radical (unpaired) electrons. The van der Waals surface area contributed by atoms with E-state index in [0.29, 0.717) is 25.5 Å². The van der Waals surface area contributed by atoms with Crippen LogP contribution in [0.5, 0.6) is 11.6 Å². The zero-order chi connectivity index (χ0) is 19.6. The Hall–Kier alpha value is -2.77. The maximum Gasteiger partial charge on any atom is 0.225 e. The monoisotopic (exact) mass is 376 g/mol. The first-order valence-corrected chi connectivity index (χ1v) is 8.85. The van der Waals surface area contributed by atoms with Gasteiger partial charge in [0.25, 0.3) is 0 Å². The largest absolute Gasteiger partial charge is 0.439 e. The molecule has 3 rings (SSSR count). The fourth-order valence-electron chi connectivity index (χ4n) is 3.04. The van der Waals surface area contributed by atoms with Crippen LogP contribution in [0.2, 0.25) is 0 Å². The molecule has 1 aromatic heterocycles. The molecule has 144 valence electrons. The second kappa shape index (κ2) is 7.85. The number of hydrogen-bond donors (Lipinski definition) is 0. The van der Waals surface area contributed by atoms with Gasteiger partial charge in [0.15, 0.2) is 11.6 Å². The first-order valence-electron chi connectivity index (χ1n) is 8.85. The summed E-state index contributed by atoms with van der Waals surface area (Å²) in [7, 11) is 0. The third-order valence-electron chi connectivity index (χ3n) is 4.47. The second-order valence-electron chi connectivity index (χ2n) is 6.87. The van der Waals surface area contributed by atoms with Crippen LogP contribution in [0.15, 0.2) is 30.6 Å². The average molecular weight is 376 g/mol. The fraction of sp³-hybridized carbons (Fsp3) is 0.421. The van der Waals surface area contributed by atoms with E-state index in [0.717, 1.165) is 12.1 Å². The van der Waals surface area contributed by atoms with Crippen molar-refractivity contribution in [1.82, 2.24) is 14.9 Å². The van der Waals surface area contributed by atoms with Crippen LogP contribution in [0.3, 0.4) is 0 Å². The predicted molar refractivity (Wildman–Crippen MR) is 96.7 cm³/mol. The summed E-state index contributed by atoms with van der Waals surface area (Å²) in [4.78, 5) is 24.5. The van der Waals surface area contributed by atoms with Crippen LogP contribution < -0.4 is 9.64 Å². The number of carbonyl (C=O) groups excluding carboxylic acids is 1. The smallest absolute Gasteiger partial charge is 0.225 e. The molecule has 8 heteroatoms. The van der Waals surface area contributed by atoms with Crippen molar-refractivity contribution in [3.8, 4) is 11.6 Å². The Bertz CT molecular complexity index is 831. The highest BCUT2D eigenvalue weighted by Crippen LogP contribution is 2.25. The molecule has 27 heavy (non-hydrogen) atoms. The zero-order valence-electron chi connectivity index (χ0n) is 15.5. The fourth-order valence-corrected chi connectivity index (χ4v) is 3.04. The number of benzene rings is 1. The molecule has 1 aliphatic heterocycles. The lowest BCUT2D eigenvalue weighted by Crippen LogP contribution is -2.55. The van der Waals surface area contributed by atoms with E-state index in [2.05, 4.69) is 14.9 Å². The number of piperazine rings is 1. The molecule has 0 unspecified atom stereocenters. The van der Waals surface area contributed by atoms with Crippen molar-refractivity contribution >= 4 is 11.7 Å². The molecule has 0 bridgehead atoms. The number of amides is 1. The summed E-state index contributed by atoms with van der Waals surface area (Å²) in [5, 5.41) is 0. The first kappa shape index (κ1) is 19.0. The van der Waals surface area contributed by atoms with Crippen molar-refractivity contribution in [3.63, 3.8) is 0 Å². The molecule has 2 aromatic rings. The van der Waals surface area contributed by atoms with Crippen molar-refractivity contribution in [2.45, 2.75) is 26.8 Å². The molecular weight excluding hydrogens is 354 g/mol. The number of ether oxygens (including phenoxy) is 1. The SMILES string of the molecule is CC(C)C(=O)N1CCN(c2cc(Oc3ccc(F)c(F)c3)ncn2)C[C@H]1C. The Morgan fingerprint density at radius 3 is 2.63 bits per heavy atom. The lowest BCUT2D eigenvalue weighted by Gasteiger charge is -2.41. The van der Waals surface area contributed by atoms with Crippen molar-refractivity contribution < 1.29 is 18.3 Å². The Labute approximate surface area is 156 Å². The summed E-state index contributed by atoms with van der Waals surface area (Å²) in [5.74, 6) is -0.763. The third kappa shape index (κ3) is 4.32. The standard InChI is InChI=1S/C19H22F2N4O2/c1-12(2)19(26)25-7-6-24(10-13(25)3)17-9-18(23-11-22-17)27-14-4-5-15(20)16(21)8-14/h4-5,8-9,11-13H,6-7,10H2,1-3H3/t13-/m1/s1. The summed E-state index contributed by atoms with van der Waals surface area (Å²) in [5.41, 5.74) is 0. The van der Waals surface area contributed by atoms with E-state index in [1.54, 1.807) is 6.07 Å². The van der Waals surface area contributed by atoms with E-state index in [1.807, 2.05) is 25.7 Å². The van der Waals surface area contributed by atoms with Gasteiger partial charge in [-0.25, -0.2) is 18.7 Å². The summed E-state index contributed by atoms with van der Waals surface area (Å²) in [6.07, 6.45) is 1.36.